The second kappa shape index (κ2) is 9.76. The highest BCUT2D eigenvalue weighted by molar-refractivity contribution is 7.99. The summed E-state index contributed by atoms with van der Waals surface area (Å²) in [6.07, 6.45) is 4.18. The Labute approximate surface area is 206 Å². The van der Waals surface area contributed by atoms with Crippen molar-refractivity contribution in [3.63, 3.8) is 0 Å². The average molecular weight is 491 g/mol. The molecule has 4 aromatic rings. The molecule has 0 fully saturated rings. The third kappa shape index (κ3) is 4.42. The standard InChI is InChI=1S/C27H26N2O3S2/c1-3-32-20-14-12-19(13-15-20)29-26(31)24-21-6-4-5-7-23(21)34-25(24)28-27(29)33-16-22(30)18-10-8-17(2)9-11-18/h8-15H,3-7,16H2,1-2H3. The van der Waals surface area contributed by atoms with Gasteiger partial charge in [-0.1, -0.05) is 41.6 Å². The van der Waals surface area contributed by atoms with Crippen LogP contribution in [-0.4, -0.2) is 27.7 Å². The van der Waals surface area contributed by atoms with Crippen molar-refractivity contribution in [2.75, 3.05) is 12.4 Å². The molecule has 34 heavy (non-hydrogen) atoms. The monoisotopic (exact) mass is 490 g/mol. The lowest BCUT2D eigenvalue weighted by molar-refractivity contribution is 0.102. The van der Waals surface area contributed by atoms with Gasteiger partial charge in [0.25, 0.3) is 5.56 Å². The van der Waals surface area contributed by atoms with Crippen LogP contribution in [0.25, 0.3) is 15.9 Å². The number of aromatic nitrogens is 2. The number of rotatable bonds is 7. The van der Waals surface area contributed by atoms with E-state index in [0.29, 0.717) is 17.3 Å². The number of carbonyl (C=O) groups is 1. The van der Waals surface area contributed by atoms with Crippen LogP contribution in [0, 0.1) is 6.92 Å². The SMILES string of the molecule is CCOc1ccc(-n2c(SCC(=O)c3ccc(C)cc3)nc3sc4c(c3c2=O)CCCC4)cc1. The maximum atomic E-state index is 13.8. The fourth-order valence-corrected chi connectivity index (χ4v) is 6.53. The van der Waals surface area contributed by atoms with Crippen LogP contribution >= 0.6 is 23.1 Å². The van der Waals surface area contributed by atoms with E-state index in [1.807, 2.05) is 62.4 Å². The molecule has 0 atom stereocenters. The Balaban J connectivity index is 1.57. The number of ketones is 1. The fourth-order valence-electron chi connectivity index (χ4n) is 4.32. The van der Waals surface area contributed by atoms with E-state index in [1.165, 1.54) is 16.6 Å². The molecule has 2 heterocycles. The van der Waals surface area contributed by atoms with Crippen LogP contribution in [0.2, 0.25) is 0 Å². The zero-order valence-electron chi connectivity index (χ0n) is 19.3. The number of hydrogen-bond donors (Lipinski definition) is 0. The van der Waals surface area contributed by atoms with E-state index in [2.05, 4.69) is 0 Å². The molecule has 7 heteroatoms. The van der Waals surface area contributed by atoms with E-state index >= 15 is 0 Å². The van der Waals surface area contributed by atoms with E-state index in [0.717, 1.165) is 58.5 Å². The van der Waals surface area contributed by atoms with E-state index in [4.69, 9.17) is 9.72 Å². The Bertz CT molecular complexity index is 1400. The Morgan fingerprint density at radius 2 is 1.82 bits per heavy atom. The van der Waals surface area contributed by atoms with Gasteiger partial charge in [0.15, 0.2) is 10.9 Å². The van der Waals surface area contributed by atoms with Crippen molar-refractivity contribution in [2.24, 2.45) is 0 Å². The molecule has 0 radical (unpaired) electrons. The molecule has 2 aromatic carbocycles. The van der Waals surface area contributed by atoms with Crippen molar-refractivity contribution >= 4 is 39.1 Å². The minimum absolute atomic E-state index is 0.0167. The number of thiophene rings is 1. The first kappa shape index (κ1) is 22.9. The predicted octanol–water partition coefficient (Wildman–Crippen LogP) is 6.01. The van der Waals surface area contributed by atoms with E-state index in [1.54, 1.807) is 15.9 Å². The summed E-state index contributed by atoms with van der Waals surface area (Å²) in [5.74, 6) is 0.983. The molecule has 0 bridgehead atoms. The second-order valence-electron chi connectivity index (χ2n) is 8.43. The van der Waals surface area contributed by atoms with Crippen LogP contribution in [0.1, 0.15) is 46.1 Å². The van der Waals surface area contributed by atoms with Gasteiger partial charge < -0.3 is 4.74 Å². The molecule has 0 aliphatic heterocycles. The fraction of sp³-hybridized carbons (Fsp3) is 0.296. The van der Waals surface area contributed by atoms with Gasteiger partial charge in [-0.2, -0.15) is 0 Å². The van der Waals surface area contributed by atoms with E-state index in [9.17, 15) is 9.59 Å². The molecule has 5 nitrogen and oxygen atoms in total. The minimum Gasteiger partial charge on any atom is -0.494 e. The number of aryl methyl sites for hydroxylation is 3. The number of benzene rings is 2. The van der Waals surface area contributed by atoms with Gasteiger partial charge in [0.1, 0.15) is 10.6 Å². The molecule has 0 amide bonds. The average Bonchev–Trinajstić information content (AvgIpc) is 3.22. The number of fused-ring (bicyclic) bond motifs is 3. The molecule has 0 saturated carbocycles. The zero-order valence-corrected chi connectivity index (χ0v) is 20.9. The van der Waals surface area contributed by atoms with Gasteiger partial charge in [0.2, 0.25) is 0 Å². The number of nitrogens with zero attached hydrogens (tertiary/aromatic N) is 2. The molecule has 2 aromatic heterocycles. The van der Waals surface area contributed by atoms with Crippen LogP contribution in [0.3, 0.4) is 0 Å². The lowest BCUT2D eigenvalue weighted by Gasteiger charge is -2.14. The summed E-state index contributed by atoms with van der Waals surface area (Å²) in [7, 11) is 0. The maximum Gasteiger partial charge on any atom is 0.267 e. The number of ether oxygens (including phenoxy) is 1. The van der Waals surface area contributed by atoms with Gasteiger partial charge in [0, 0.05) is 10.4 Å². The van der Waals surface area contributed by atoms with E-state index in [-0.39, 0.29) is 17.1 Å². The Hall–Kier alpha value is -2.90. The zero-order chi connectivity index (χ0) is 23.7. The first-order chi connectivity index (χ1) is 16.5. The van der Waals surface area contributed by atoms with Gasteiger partial charge >= 0.3 is 0 Å². The summed E-state index contributed by atoms with van der Waals surface area (Å²) in [4.78, 5) is 33.7. The highest BCUT2D eigenvalue weighted by Gasteiger charge is 2.23. The summed E-state index contributed by atoms with van der Waals surface area (Å²) in [5, 5.41) is 1.28. The van der Waals surface area contributed by atoms with Crippen molar-refractivity contribution in [3.8, 4) is 11.4 Å². The smallest absolute Gasteiger partial charge is 0.267 e. The van der Waals surface area contributed by atoms with Gasteiger partial charge in [0.05, 0.1) is 23.4 Å². The molecule has 1 aliphatic carbocycles. The molecule has 0 spiro atoms. The summed E-state index contributed by atoms with van der Waals surface area (Å²) < 4.78 is 7.23. The van der Waals surface area contributed by atoms with Crippen molar-refractivity contribution in [1.29, 1.82) is 0 Å². The highest BCUT2D eigenvalue weighted by atomic mass is 32.2. The molecule has 5 rings (SSSR count). The van der Waals surface area contributed by atoms with Crippen molar-refractivity contribution in [1.82, 2.24) is 9.55 Å². The molecule has 1 aliphatic rings. The molecule has 174 valence electrons. The van der Waals surface area contributed by atoms with Crippen molar-refractivity contribution in [2.45, 2.75) is 44.7 Å². The van der Waals surface area contributed by atoms with Crippen LogP contribution < -0.4 is 10.3 Å². The van der Waals surface area contributed by atoms with Crippen LogP contribution in [0.5, 0.6) is 5.75 Å². The van der Waals surface area contributed by atoms with Crippen LogP contribution in [-0.2, 0) is 12.8 Å². The predicted molar refractivity (Wildman–Crippen MR) is 139 cm³/mol. The number of carbonyl (C=O) groups excluding carboxylic acids is 1. The number of hydrogen-bond acceptors (Lipinski definition) is 6. The number of Topliss-reactive ketones (excluding diaryl/α,β-unsaturated/α-hetero) is 1. The topological polar surface area (TPSA) is 61.2 Å². The lowest BCUT2D eigenvalue weighted by atomic mass is 9.97. The quantitative estimate of drug-likeness (QED) is 0.180. The first-order valence-electron chi connectivity index (χ1n) is 11.6. The summed E-state index contributed by atoms with van der Waals surface area (Å²) >= 11 is 2.95. The van der Waals surface area contributed by atoms with Gasteiger partial charge in [-0.3, -0.25) is 14.2 Å². The first-order valence-corrected chi connectivity index (χ1v) is 13.4. The number of thioether (sulfide) groups is 1. The molecular formula is C27H26N2O3S2. The lowest BCUT2D eigenvalue weighted by Crippen LogP contribution is -2.22. The van der Waals surface area contributed by atoms with Crippen molar-refractivity contribution in [3.05, 3.63) is 80.5 Å². The Morgan fingerprint density at radius 1 is 1.09 bits per heavy atom. The Kier molecular flexibility index (Phi) is 6.57. The summed E-state index contributed by atoms with van der Waals surface area (Å²) in [6, 6.07) is 15.1. The summed E-state index contributed by atoms with van der Waals surface area (Å²) in [6.45, 7) is 4.52. The molecule has 0 saturated heterocycles. The molecular weight excluding hydrogens is 464 g/mol. The maximum absolute atomic E-state index is 13.8. The highest BCUT2D eigenvalue weighted by Crippen LogP contribution is 2.35. The normalized spacial score (nSPS) is 13.1. The van der Waals surface area contributed by atoms with Crippen LogP contribution in [0.4, 0.5) is 0 Å². The molecule has 0 N–H and O–H groups in total. The van der Waals surface area contributed by atoms with Gasteiger partial charge in [-0.25, -0.2) is 4.98 Å². The molecule has 0 unspecified atom stereocenters. The van der Waals surface area contributed by atoms with E-state index < -0.39 is 0 Å². The third-order valence-electron chi connectivity index (χ3n) is 6.07. The third-order valence-corrected chi connectivity index (χ3v) is 8.19. The van der Waals surface area contributed by atoms with Crippen molar-refractivity contribution < 1.29 is 9.53 Å². The minimum atomic E-state index is -0.0566. The van der Waals surface area contributed by atoms with Gasteiger partial charge in [-0.05, 0) is 69.4 Å². The second-order valence-corrected chi connectivity index (χ2v) is 10.5. The Morgan fingerprint density at radius 3 is 2.56 bits per heavy atom. The largest absolute Gasteiger partial charge is 0.494 e. The van der Waals surface area contributed by atoms with Crippen LogP contribution in [0.15, 0.2) is 58.5 Å². The summed E-state index contributed by atoms with van der Waals surface area (Å²) in [5.41, 5.74) is 3.61. The van der Waals surface area contributed by atoms with Gasteiger partial charge in [-0.15, -0.1) is 11.3 Å².